The zero-order chi connectivity index (χ0) is 12.1. The molecule has 4 nitrogen and oxygen atoms in total. The van der Waals surface area contributed by atoms with E-state index in [9.17, 15) is 9.90 Å². The summed E-state index contributed by atoms with van der Waals surface area (Å²) in [7, 11) is 0. The van der Waals surface area contributed by atoms with Crippen LogP contribution in [0.5, 0.6) is 0 Å². The number of amides is 1. The summed E-state index contributed by atoms with van der Waals surface area (Å²) in [6.45, 7) is 3.79. The number of hydrogen-bond donors (Lipinski definition) is 3. The van der Waals surface area contributed by atoms with Crippen LogP contribution < -0.4 is 11.1 Å². The van der Waals surface area contributed by atoms with Crippen LogP contribution in [0.15, 0.2) is 16.8 Å². The van der Waals surface area contributed by atoms with Crippen LogP contribution in [-0.4, -0.2) is 23.6 Å². The van der Waals surface area contributed by atoms with Gasteiger partial charge in [-0.15, -0.1) is 0 Å². The summed E-state index contributed by atoms with van der Waals surface area (Å²) in [6, 6.07) is 1.66. The summed E-state index contributed by atoms with van der Waals surface area (Å²) in [5.74, 6) is -0.362. The Balaban J connectivity index is 2.37. The van der Waals surface area contributed by atoms with E-state index in [1.54, 1.807) is 13.8 Å². The van der Waals surface area contributed by atoms with Crippen LogP contribution in [0.25, 0.3) is 0 Å². The van der Waals surface area contributed by atoms with Gasteiger partial charge in [-0.05, 0) is 29.3 Å². The summed E-state index contributed by atoms with van der Waals surface area (Å²) in [4.78, 5) is 11.6. The topological polar surface area (TPSA) is 75.4 Å². The Kier molecular flexibility index (Phi) is 4.92. The van der Waals surface area contributed by atoms with Gasteiger partial charge in [0.05, 0.1) is 6.10 Å². The maximum Gasteiger partial charge on any atom is 0.224 e. The van der Waals surface area contributed by atoms with Gasteiger partial charge in [0.1, 0.15) is 0 Å². The molecule has 1 aromatic rings. The normalized spacial score (nSPS) is 16.5. The van der Waals surface area contributed by atoms with Crippen LogP contribution in [0.1, 0.15) is 25.5 Å². The Morgan fingerprint density at radius 3 is 2.81 bits per heavy atom. The van der Waals surface area contributed by atoms with Gasteiger partial charge in [0, 0.05) is 18.5 Å². The van der Waals surface area contributed by atoms with Crippen molar-refractivity contribution in [2.75, 3.05) is 6.54 Å². The quantitative estimate of drug-likeness (QED) is 0.717. The van der Waals surface area contributed by atoms with Crippen molar-refractivity contribution in [3.63, 3.8) is 0 Å². The zero-order valence-corrected chi connectivity index (χ0v) is 10.3. The second-order valence-electron chi connectivity index (χ2n) is 3.97. The molecule has 4 N–H and O–H groups in total. The fourth-order valence-corrected chi connectivity index (χ4v) is 1.89. The van der Waals surface area contributed by atoms with Crippen molar-refractivity contribution in [1.82, 2.24) is 5.32 Å². The molecule has 16 heavy (non-hydrogen) atoms. The van der Waals surface area contributed by atoms with Crippen LogP contribution in [0.2, 0.25) is 0 Å². The predicted molar refractivity (Wildman–Crippen MR) is 65.1 cm³/mol. The van der Waals surface area contributed by atoms with E-state index in [1.165, 1.54) is 11.3 Å². The molecule has 1 amide bonds. The molecular weight excluding hydrogens is 224 g/mol. The number of hydrogen-bond acceptors (Lipinski definition) is 4. The highest BCUT2D eigenvalue weighted by molar-refractivity contribution is 7.07. The first kappa shape index (κ1) is 13.2. The molecule has 1 rings (SSSR count). The number of aliphatic hydroxyl groups excluding tert-OH is 1. The fourth-order valence-electron chi connectivity index (χ4n) is 1.18. The van der Waals surface area contributed by atoms with Crippen LogP contribution in [0, 0.1) is 5.92 Å². The van der Waals surface area contributed by atoms with Gasteiger partial charge in [0.15, 0.2) is 0 Å². The van der Waals surface area contributed by atoms with E-state index in [1.807, 2.05) is 16.8 Å². The highest BCUT2D eigenvalue weighted by atomic mass is 32.1. The molecule has 0 bridgehead atoms. The van der Waals surface area contributed by atoms with Gasteiger partial charge in [-0.1, -0.05) is 6.92 Å². The average molecular weight is 242 g/mol. The maximum absolute atomic E-state index is 11.6. The number of aliphatic hydroxyl groups is 1. The predicted octanol–water partition coefficient (Wildman–Crippen LogP) is 0.881. The maximum atomic E-state index is 11.6. The highest BCUT2D eigenvalue weighted by Gasteiger charge is 2.18. The summed E-state index contributed by atoms with van der Waals surface area (Å²) in [5.41, 5.74) is 6.45. The van der Waals surface area contributed by atoms with E-state index in [-0.39, 0.29) is 24.4 Å². The molecule has 0 aliphatic carbocycles. The van der Waals surface area contributed by atoms with E-state index < -0.39 is 6.10 Å². The van der Waals surface area contributed by atoms with Gasteiger partial charge in [0.2, 0.25) is 5.91 Å². The lowest BCUT2D eigenvalue weighted by Gasteiger charge is -2.17. The van der Waals surface area contributed by atoms with E-state index in [0.717, 1.165) is 5.56 Å². The first-order chi connectivity index (χ1) is 7.52. The van der Waals surface area contributed by atoms with E-state index >= 15 is 0 Å². The van der Waals surface area contributed by atoms with Crippen molar-refractivity contribution >= 4 is 17.2 Å². The minimum Gasteiger partial charge on any atom is -0.387 e. The molecule has 0 fully saturated rings. The van der Waals surface area contributed by atoms with Crippen molar-refractivity contribution in [1.29, 1.82) is 0 Å². The standard InChI is InChI=1S/C11H18N2O2S/c1-7(8(2)12)11(15)13-5-10(14)9-3-4-16-6-9/h3-4,6-8,10,14H,5,12H2,1-2H3,(H,13,15). The summed E-state index contributed by atoms with van der Waals surface area (Å²) >= 11 is 1.52. The van der Waals surface area contributed by atoms with Gasteiger partial charge in [0.25, 0.3) is 0 Å². The lowest BCUT2D eigenvalue weighted by atomic mass is 10.0. The molecule has 1 aromatic heterocycles. The highest BCUT2D eigenvalue weighted by Crippen LogP contribution is 2.15. The molecule has 0 aromatic carbocycles. The Morgan fingerprint density at radius 1 is 1.62 bits per heavy atom. The summed E-state index contributed by atoms with van der Waals surface area (Å²) in [6.07, 6.45) is -0.643. The molecule has 0 saturated heterocycles. The molecule has 3 atom stereocenters. The molecule has 1 heterocycles. The third-order valence-corrected chi connectivity index (χ3v) is 3.30. The number of carbonyl (C=O) groups is 1. The zero-order valence-electron chi connectivity index (χ0n) is 9.51. The number of carbonyl (C=O) groups excluding carboxylic acids is 1. The number of rotatable bonds is 5. The minimum absolute atomic E-state index is 0.121. The fraction of sp³-hybridized carbons (Fsp3) is 0.545. The molecule has 0 aliphatic heterocycles. The summed E-state index contributed by atoms with van der Waals surface area (Å²) in [5, 5.41) is 16.2. The Bertz CT molecular complexity index is 325. The second-order valence-corrected chi connectivity index (χ2v) is 4.75. The second kappa shape index (κ2) is 5.98. The van der Waals surface area contributed by atoms with Crippen molar-refractivity contribution in [3.8, 4) is 0 Å². The average Bonchev–Trinajstić information content (AvgIpc) is 2.77. The number of nitrogens with one attached hydrogen (secondary N) is 1. The monoisotopic (exact) mass is 242 g/mol. The van der Waals surface area contributed by atoms with Crippen LogP contribution in [0.3, 0.4) is 0 Å². The molecule has 90 valence electrons. The Hall–Kier alpha value is -0.910. The van der Waals surface area contributed by atoms with E-state index in [0.29, 0.717) is 0 Å². The molecular formula is C11H18N2O2S. The van der Waals surface area contributed by atoms with Crippen LogP contribution >= 0.6 is 11.3 Å². The minimum atomic E-state index is -0.643. The number of thiophene rings is 1. The Labute approximate surface area is 99.5 Å². The van der Waals surface area contributed by atoms with Crippen molar-refractivity contribution in [3.05, 3.63) is 22.4 Å². The van der Waals surface area contributed by atoms with Crippen LogP contribution in [-0.2, 0) is 4.79 Å². The molecule has 3 unspecified atom stereocenters. The van der Waals surface area contributed by atoms with Crippen molar-refractivity contribution in [2.45, 2.75) is 26.0 Å². The van der Waals surface area contributed by atoms with Crippen LogP contribution in [0.4, 0.5) is 0 Å². The van der Waals surface area contributed by atoms with Gasteiger partial charge in [-0.3, -0.25) is 4.79 Å². The molecule has 0 radical (unpaired) electrons. The molecule has 0 aliphatic rings. The number of nitrogens with two attached hydrogens (primary N) is 1. The third kappa shape index (κ3) is 3.59. The third-order valence-electron chi connectivity index (χ3n) is 2.60. The van der Waals surface area contributed by atoms with E-state index in [2.05, 4.69) is 5.32 Å². The smallest absolute Gasteiger partial charge is 0.224 e. The van der Waals surface area contributed by atoms with Gasteiger partial charge in [-0.25, -0.2) is 0 Å². The SMILES string of the molecule is CC(N)C(C)C(=O)NCC(O)c1ccsc1. The molecule has 5 heteroatoms. The largest absolute Gasteiger partial charge is 0.387 e. The van der Waals surface area contributed by atoms with Gasteiger partial charge >= 0.3 is 0 Å². The van der Waals surface area contributed by atoms with Crippen molar-refractivity contribution < 1.29 is 9.90 Å². The lowest BCUT2D eigenvalue weighted by molar-refractivity contribution is -0.125. The lowest BCUT2D eigenvalue weighted by Crippen LogP contribution is -2.40. The van der Waals surface area contributed by atoms with Gasteiger partial charge < -0.3 is 16.2 Å². The molecule has 0 saturated carbocycles. The van der Waals surface area contributed by atoms with Gasteiger partial charge in [-0.2, -0.15) is 11.3 Å². The molecule has 0 spiro atoms. The first-order valence-corrected chi connectivity index (χ1v) is 6.20. The first-order valence-electron chi connectivity index (χ1n) is 5.25. The van der Waals surface area contributed by atoms with E-state index in [4.69, 9.17) is 5.73 Å². The summed E-state index contributed by atoms with van der Waals surface area (Å²) < 4.78 is 0. The van der Waals surface area contributed by atoms with Crippen molar-refractivity contribution in [2.24, 2.45) is 11.7 Å². The Morgan fingerprint density at radius 2 is 2.31 bits per heavy atom.